The van der Waals surface area contributed by atoms with Crippen molar-refractivity contribution in [2.45, 2.75) is 70.6 Å². The van der Waals surface area contributed by atoms with Gasteiger partial charge in [-0.25, -0.2) is 0 Å². The zero-order valence-corrected chi connectivity index (χ0v) is 21.2. The maximum Gasteiger partial charge on any atom is 0.325 e. The van der Waals surface area contributed by atoms with Gasteiger partial charge in [0.05, 0.1) is 11.3 Å². The molecule has 0 unspecified atom stereocenters. The van der Waals surface area contributed by atoms with Crippen molar-refractivity contribution < 1.29 is 9.79 Å². The maximum atomic E-state index is 13.2. The average Bonchev–Trinajstić information content (AvgIpc) is 2.71. The Labute approximate surface area is 199 Å². The number of rotatable bonds is 3. The lowest BCUT2D eigenvalue weighted by atomic mass is 9.78. The first-order valence-electron chi connectivity index (χ1n) is 11.3. The number of hydrogen-bond donors (Lipinski definition) is 3. The Morgan fingerprint density at radius 1 is 1.06 bits per heavy atom. The van der Waals surface area contributed by atoms with Crippen molar-refractivity contribution in [1.29, 1.82) is 0 Å². The first-order valence-corrected chi connectivity index (χ1v) is 12.3. The molecule has 0 radical (unpaired) electrons. The number of aromatic hydroxyl groups is 1. The van der Waals surface area contributed by atoms with Crippen LogP contribution in [0.3, 0.4) is 0 Å². The van der Waals surface area contributed by atoms with Gasteiger partial charge in [0, 0.05) is 21.8 Å². The van der Waals surface area contributed by atoms with Crippen LogP contribution in [0, 0.1) is 0 Å². The fraction of sp³-hybridized carbons (Fsp3) is 0.423. The van der Waals surface area contributed by atoms with Crippen molar-refractivity contribution in [2.75, 3.05) is 11.1 Å². The molecule has 1 aliphatic heterocycles. The number of anilines is 1. The molecule has 174 valence electrons. The number of hydrogen-bond acceptors (Lipinski definition) is 5. The summed E-state index contributed by atoms with van der Waals surface area (Å²) in [6.07, 6.45) is -0.392. The number of phenols is 1. The second-order valence-corrected chi connectivity index (χ2v) is 11.8. The highest BCUT2D eigenvalue weighted by molar-refractivity contribution is 7.99. The van der Waals surface area contributed by atoms with Crippen molar-refractivity contribution in [3.05, 3.63) is 63.4 Å². The number of phenolic OH excluding ortho intramolecular Hbond substituents is 1. The number of H-pyrrole nitrogens is 1. The quantitative estimate of drug-likeness (QED) is 0.370. The van der Waals surface area contributed by atoms with Crippen molar-refractivity contribution >= 4 is 17.4 Å². The minimum absolute atomic E-state index is 0.161. The molecule has 2 heterocycles. The van der Waals surface area contributed by atoms with Gasteiger partial charge in [0.2, 0.25) is 5.16 Å². The van der Waals surface area contributed by atoms with E-state index < -0.39 is 6.17 Å². The Hall–Kier alpha value is -2.80. The number of nitrogens with one attached hydrogen (secondary N) is 2. The van der Waals surface area contributed by atoms with E-state index in [9.17, 15) is 9.90 Å². The van der Waals surface area contributed by atoms with Crippen LogP contribution in [-0.4, -0.2) is 20.9 Å². The summed E-state index contributed by atoms with van der Waals surface area (Å²) in [4.78, 5) is 16.1. The van der Waals surface area contributed by atoms with Gasteiger partial charge in [-0.1, -0.05) is 72.4 Å². The minimum Gasteiger partial charge on any atom is -0.507 e. The SMILES string of the molecule is CCSc1n[n+]2c(c(=O)[nH]1)-c1ccccc1N[C@H]2c1cc(C(C)(C)C)c(O)c(C(C)(C)C)c1. The Morgan fingerprint density at radius 2 is 1.67 bits per heavy atom. The number of aromatic amines is 1. The average molecular weight is 466 g/mol. The molecule has 6 nitrogen and oxygen atoms in total. The second kappa shape index (κ2) is 8.20. The number of aromatic nitrogens is 3. The van der Waals surface area contributed by atoms with E-state index in [1.165, 1.54) is 11.8 Å². The van der Waals surface area contributed by atoms with Crippen LogP contribution in [0.4, 0.5) is 5.69 Å². The summed E-state index contributed by atoms with van der Waals surface area (Å²) in [5.74, 6) is 1.14. The zero-order valence-electron chi connectivity index (χ0n) is 20.4. The standard InChI is InChI=1S/C26H32N4O2S/c1-8-33-24-28-23(32)20-16-11-9-10-12-19(16)27-22(30(20)29-24)15-13-17(25(2,3)4)21(31)18(14-15)26(5,6)7/h9-14,22H,8H2,1-7H3,(H2,28,29,31,32)/p+1/t22-/m1/s1. The molecule has 0 aliphatic carbocycles. The van der Waals surface area contributed by atoms with E-state index in [-0.39, 0.29) is 16.4 Å². The Bertz CT molecular complexity index is 1230. The zero-order chi connectivity index (χ0) is 24.1. The Morgan fingerprint density at radius 3 is 2.24 bits per heavy atom. The first kappa shape index (κ1) is 23.4. The number of para-hydroxylation sites is 1. The molecule has 4 rings (SSSR count). The van der Waals surface area contributed by atoms with Gasteiger partial charge in [0.25, 0.3) is 6.17 Å². The fourth-order valence-corrected chi connectivity index (χ4v) is 4.86. The maximum absolute atomic E-state index is 13.2. The Kier molecular flexibility index (Phi) is 5.81. The lowest BCUT2D eigenvalue weighted by Gasteiger charge is -2.30. The van der Waals surface area contributed by atoms with Crippen LogP contribution in [0.5, 0.6) is 5.75 Å². The monoisotopic (exact) mass is 465 g/mol. The highest BCUT2D eigenvalue weighted by Gasteiger charge is 2.39. The molecule has 0 spiro atoms. The largest absolute Gasteiger partial charge is 0.507 e. The van der Waals surface area contributed by atoms with Gasteiger partial charge in [0.1, 0.15) is 5.75 Å². The summed E-state index contributed by atoms with van der Waals surface area (Å²) in [7, 11) is 0. The lowest BCUT2D eigenvalue weighted by molar-refractivity contribution is -0.759. The van der Waals surface area contributed by atoms with E-state index in [2.05, 4.69) is 51.8 Å². The molecule has 7 heteroatoms. The molecule has 0 saturated carbocycles. The molecule has 0 fully saturated rings. The summed E-state index contributed by atoms with van der Waals surface area (Å²) in [6.45, 7) is 14.6. The van der Waals surface area contributed by atoms with E-state index in [0.717, 1.165) is 33.7 Å². The van der Waals surface area contributed by atoms with Gasteiger partial charge in [-0.05, 0) is 45.5 Å². The molecule has 1 atom stereocenters. The van der Waals surface area contributed by atoms with Crippen LogP contribution in [0.15, 0.2) is 46.3 Å². The van der Waals surface area contributed by atoms with Gasteiger partial charge >= 0.3 is 11.3 Å². The van der Waals surface area contributed by atoms with Crippen molar-refractivity contribution in [3.8, 4) is 17.0 Å². The lowest BCUT2D eigenvalue weighted by Crippen LogP contribution is -2.55. The van der Waals surface area contributed by atoms with E-state index in [0.29, 0.717) is 16.6 Å². The fourth-order valence-electron chi connectivity index (χ4n) is 4.27. The predicted octanol–water partition coefficient (Wildman–Crippen LogP) is 5.11. The van der Waals surface area contributed by atoms with E-state index >= 15 is 0 Å². The van der Waals surface area contributed by atoms with Crippen LogP contribution in [0.2, 0.25) is 0 Å². The van der Waals surface area contributed by atoms with Gasteiger partial charge in [0.15, 0.2) is 0 Å². The number of thioether (sulfide) groups is 1. The van der Waals surface area contributed by atoms with Crippen LogP contribution < -0.4 is 15.6 Å². The van der Waals surface area contributed by atoms with Crippen molar-refractivity contribution in [1.82, 2.24) is 10.1 Å². The summed E-state index contributed by atoms with van der Waals surface area (Å²) in [6, 6.07) is 11.9. The van der Waals surface area contributed by atoms with Crippen LogP contribution in [0.25, 0.3) is 11.3 Å². The van der Waals surface area contributed by atoms with Gasteiger partial charge in [-0.15, -0.1) is 0 Å². The topological polar surface area (TPSA) is 81.9 Å². The van der Waals surface area contributed by atoms with Crippen LogP contribution in [0.1, 0.15) is 71.3 Å². The smallest absolute Gasteiger partial charge is 0.325 e. The van der Waals surface area contributed by atoms with Crippen LogP contribution in [-0.2, 0) is 10.8 Å². The minimum atomic E-state index is -0.392. The number of fused-ring (bicyclic) bond motifs is 3. The number of benzene rings is 2. The van der Waals surface area contributed by atoms with Gasteiger partial charge in [-0.3, -0.25) is 9.78 Å². The summed E-state index contributed by atoms with van der Waals surface area (Å²) in [5.41, 5.74) is 4.25. The third kappa shape index (κ3) is 4.26. The molecule has 3 N–H and O–H groups in total. The van der Waals surface area contributed by atoms with E-state index in [1.54, 1.807) is 4.68 Å². The molecule has 0 saturated heterocycles. The summed E-state index contributed by atoms with van der Waals surface area (Å²) in [5, 5.41) is 20.2. The van der Waals surface area contributed by atoms with Crippen molar-refractivity contribution in [2.24, 2.45) is 0 Å². The highest BCUT2D eigenvalue weighted by atomic mass is 32.2. The third-order valence-corrected chi connectivity index (χ3v) is 6.67. The van der Waals surface area contributed by atoms with Crippen LogP contribution >= 0.6 is 11.8 Å². The summed E-state index contributed by atoms with van der Waals surface area (Å²) < 4.78 is 1.80. The molecule has 0 bridgehead atoms. The molecule has 1 aromatic heterocycles. The molecule has 2 aromatic carbocycles. The highest BCUT2D eigenvalue weighted by Crippen LogP contribution is 2.42. The predicted molar refractivity (Wildman–Crippen MR) is 134 cm³/mol. The van der Waals surface area contributed by atoms with E-state index in [1.807, 2.05) is 43.3 Å². The first-order chi connectivity index (χ1) is 15.4. The molecule has 0 amide bonds. The number of nitrogens with zero attached hydrogens (tertiary/aromatic N) is 2. The molecule has 33 heavy (non-hydrogen) atoms. The Balaban J connectivity index is 2.02. The summed E-state index contributed by atoms with van der Waals surface area (Å²) >= 11 is 1.50. The van der Waals surface area contributed by atoms with E-state index in [4.69, 9.17) is 5.10 Å². The molecule has 1 aliphatic rings. The van der Waals surface area contributed by atoms with Gasteiger partial charge in [-0.2, -0.15) is 0 Å². The normalized spacial score (nSPS) is 15.5. The molecule has 3 aromatic rings. The second-order valence-electron chi connectivity index (χ2n) is 10.5. The molecular formula is C26H33N4O2S+. The third-order valence-electron chi connectivity index (χ3n) is 5.93. The van der Waals surface area contributed by atoms with Gasteiger partial charge < -0.3 is 10.4 Å². The molecular weight excluding hydrogens is 432 g/mol. The van der Waals surface area contributed by atoms with Crippen molar-refractivity contribution in [3.63, 3.8) is 0 Å².